The largest absolute Gasteiger partial charge is 0.443 e. The smallest absolute Gasteiger partial charge is 0.427 e. The maximum Gasteiger partial charge on any atom is 0.427 e. The van der Waals surface area contributed by atoms with Gasteiger partial charge >= 0.3 is 12.3 Å². The standard InChI is InChI=1S/C19H19F4N5O4S/c1-18(2,3)32-17(29)26-28-9-8-13-16(28)24-10-14(25-13)33(30,31)27-15(19(21,22)23)11-4-6-12(20)7-5-11/h4-10,15,27H,1-3H3,(H,26,29)/t15-/m1/s1. The first-order valence-electron chi connectivity index (χ1n) is 9.34. The van der Waals surface area contributed by atoms with E-state index in [9.17, 15) is 30.8 Å². The first-order valence-corrected chi connectivity index (χ1v) is 10.8. The summed E-state index contributed by atoms with van der Waals surface area (Å²) in [5, 5.41) is -0.777. The fraction of sp³-hybridized carbons (Fsp3) is 0.316. The molecule has 33 heavy (non-hydrogen) atoms. The van der Waals surface area contributed by atoms with Gasteiger partial charge in [-0.3, -0.25) is 0 Å². The summed E-state index contributed by atoms with van der Waals surface area (Å²) in [5.74, 6) is -0.775. The molecule has 2 N–H and O–H groups in total. The molecule has 0 radical (unpaired) electrons. The lowest BCUT2D eigenvalue weighted by Gasteiger charge is -2.21. The van der Waals surface area contributed by atoms with Gasteiger partial charge in [0.25, 0.3) is 10.0 Å². The van der Waals surface area contributed by atoms with Crippen molar-refractivity contribution in [1.29, 1.82) is 0 Å². The maximum atomic E-state index is 13.5. The number of nitrogens with zero attached hydrogens (tertiary/aromatic N) is 3. The molecule has 0 bridgehead atoms. The molecule has 0 fully saturated rings. The van der Waals surface area contributed by atoms with Gasteiger partial charge in [0.05, 0.1) is 6.20 Å². The van der Waals surface area contributed by atoms with E-state index in [1.165, 1.54) is 12.3 Å². The van der Waals surface area contributed by atoms with E-state index < -0.39 is 50.3 Å². The van der Waals surface area contributed by atoms with Crippen molar-refractivity contribution >= 4 is 27.3 Å². The highest BCUT2D eigenvalue weighted by molar-refractivity contribution is 7.89. The van der Waals surface area contributed by atoms with Crippen LogP contribution in [0.2, 0.25) is 0 Å². The SMILES string of the molecule is CC(C)(C)OC(=O)Nn1ccc2nc(S(=O)(=O)N[C@H](c3ccc(F)cc3)C(F)(F)F)cnc21. The van der Waals surface area contributed by atoms with Gasteiger partial charge in [-0.1, -0.05) is 12.1 Å². The second-order valence-corrected chi connectivity index (χ2v) is 9.52. The molecule has 0 aliphatic carbocycles. The van der Waals surface area contributed by atoms with Crippen molar-refractivity contribution in [3.63, 3.8) is 0 Å². The zero-order valence-corrected chi connectivity index (χ0v) is 18.3. The van der Waals surface area contributed by atoms with E-state index >= 15 is 0 Å². The molecule has 0 unspecified atom stereocenters. The van der Waals surface area contributed by atoms with Crippen LogP contribution in [0.4, 0.5) is 22.4 Å². The Morgan fingerprint density at radius 3 is 2.33 bits per heavy atom. The lowest BCUT2D eigenvalue weighted by Crippen LogP contribution is -2.38. The van der Waals surface area contributed by atoms with Crippen LogP contribution in [0.1, 0.15) is 32.4 Å². The van der Waals surface area contributed by atoms with Gasteiger partial charge in [-0.15, -0.1) is 0 Å². The first kappa shape index (κ1) is 24.4. The van der Waals surface area contributed by atoms with Crippen molar-refractivity contribution < 1.29 is 35.5 Å². The summed E-state index contributed by atoms with van der Waals surface area (Å²) in [4.78, 5) is 19.7. The molecule has 0 aliphatic rings. The Bertz CT molecular complexity index is 1270. The number of aromatic nitrogens is 3. The molecule has 2 aromatic heterocycles. The average molecular weight is 489 g/mol. The summed E-state index contributed by atoms with van der Waals surface area (Å²) in [5.41, 5.74) is 1.11. The molecule has 0 spiro atoms. The molecular weight excluding hydrogens is 470 g/mol. The summed E-state index contributed by atoms with van der Waals surface area (Å²) in [6.45, 7) is 4.97. The number of carbonyl (C=O) groups excluding carboxylic acids is 1. The van der Waals surface area contributed by atoms with Crippen LogP contribution < -0.4 is 10.1 Å². The lowest BCUT2D eigenvalue weighted by atomic mass is 10.1. The Morgan fingerprint density at radius 1 is 1.12 bits per heavy atom. The van der Waals surface area contributed by atoms with Crippen LogP contribution >= 0.6 is 0 Å². The molecule has 14 heteroatoms. The highest BCUT2D eigenvalue weighted by Crippen LogP contribution is 2.34. The van der Waals surface area contributed by atoms with Gasteiger partial charge in [-0.05, 0) is 44.5 Å². The lowest BCUT2D eigenvalue weighted by molar-refractivity contribution is -0.153. The first-order chi connectivity index (χ1) is 15.2. The predicted octanol–water partition coefficient (Wildman–Crippen LogP) is 3.63. The van der Waals surface area contributed by atoms with Gasteiger partial charge in [0.1, 0.15) is 23.0 Å². The van der Waals surface area contributed by atoms with Gasteiger partial charge in [0.15, 0.2) is 10.7 Å². The molecule has 1 amide bonds. The molecule has 0 saturated heterocycles. The van der Waals surface area contributed by atoms with Gasteiger partial charge in [0.2, 0.25) is 0 Å². The number of fused-ring (bicyclic) bond motifs is 1. The number of amides is 1. The minimum atomic E-state index is -5.01. The number of rotatable bonds is 5. The average Bonchev–Trinajstić information content (AvgIpc) is 3.07. The number of hydrogen-bond acceptors (Lipinski definition) is 6. The Labute approximate surface area is 185 Å². The Morgan fingerprint density at radius 2 is 1.76 bits per heavy atom. The monoisotopic (exact) mass is 489 g/mol. The van der Waals surface area contributed by atoms with Gasteiger partial charge in [0, 0.05) is 6.20 Å². The highest BCUT2D eigenvalue weighted by Gasteiger charge is 2.43. The Kier molecular flexibility index (Phi) is 6.35. The summed E-state index contributed by atoms with van der Waals surface area (Å²) in [7, 11) is -4.79. The number of sulfonamides is 1. The third-order valence-corrected chi connectivity index (χ3v) is 5.35. The third kappa shape index (κ3) is 5.96. The summed E-state index contributed by atoms with van der Waals surface area (Å²) in [6, 6.07) is 1.89. The molecule has 9 nitrogen and oxygen atoms in total. The molecule has 2 heterocycles. The number of hydrogen-bond donors (Lipinski definition) is 2. The van der Waals surface area contributed by atoms with Crippen molar-refractivity contribution in [2.24, 2.45) is 0 Å². The van der Waals surface area contributed by atoms with Crippen molar-refractivity contribution in [2.45, 2.75) is 43.6 Å². The van der Waals surface area contributed by atoms with E-state index in [0.29, 0.717) is 0 Å². The van der Waals surface area contributed by atoms with E-state index in [2.05, 4.69) is 15.4 Å². The second-order valence-electron chi connectivity index (χ2n) is 7.86. The summed E-state index contributed by atoms with van der Waals surface area (Å²) in [6.07, 6.45) is -3.76. The fourth-order valence-electron chi connectivity index (χ4n) is 2.71. The molecule has 3 aromatic rings. The minimum absolute atomic E-state index is 0.0146. The maximum absolute atomic E-state index is 13.5. The van der Waals surface area contributed by atoms with Crippen molar-refractivity contribution in [3.05, 3.63) is 54.1 Å². The van der Waals surface area contributed by atoms with Crippen LogP contribution in [0.15, 0.2) is 47.8 Å². The van der Waals surface area contributed by atoms with Crippen molar-refractivity contribution in [2.75, 3.05) is 5.43 Å². The van der Waals surface area contributed by atoms with E-state index in [-0.39, 0.29) is 11.2 Å². The van der Waals surface area contributed by atoms with Crippen LogP contribution in [0.3, 0.4) is 0 Å². The van der Waals surface area contributed by atoms with Crippen LogP contribution in [0.25, 0.3) is 11.2 Å². The molecule has 1 aromatic carbocycles. The molecule has 0 aliphatic heterocycles. The summed E-state index contributed by atoms with van der Waals surface area (Å²) < 4.78 is 86.7. The molecule has 178 valence electrons. The van der Waals surface area contributed by atoms with E-state index in [1.54, 1.807) is 25.5 Å². The second kappa shape index (κ2) is 8.59. The third-order valence-electron chi connectivity index (χ3n) is 4.06. The number of alkyl halides is 3. The zero-order valence-electron chi connectivity index (χ0n) is 17.5. The Balaban J connectivity index is 1.88. The normalized spacial score (nSPS) is 13.7. The fourth-order valence-corrected chi connectivity index (χ4v) is 3.82. The van der Waals surface area contributed by atoms with E-state index in [4.69, 9.17) is 4.74 Å². The van der Waals surface area contributed by atoms with Crippen LogP contribution in [0, 0.1) is 5.82 Å². The number of nitrogens with one attached hydrogen (secondary N) is 2. The van der Waals surface area contributed by atoms with Gasteiger partial charge in [-0.2, -0.15) is 17.9 Å². The summed E-state index contributed by atoms with van der Waals surface area (Å²) >= 11 is 0. The van der Waals surface area contributed by atoms with Crippen molar-refractivity contribution in [1.82, 2.24) is 19.4 Å². The molecule has 1 atom stereocenters. The van der Waals surface area contributed by atoms with Crippen molar-refractivity contribution in [3.8, 4) is 0 Å². The topological polar surface area (TPSA) is 115 Å². The number of halogens is 4. The van der Waals surface area contributed by atoms with Crippen LogP contribution in [-0.2, 0) is 14.8 Å². The zero-order chi connectivity index (χ0) is 24.6. The molecular formula is C19H19F4N5O4S. The number of benzene rings is 1. The Hall–Kier alpha value is -3.26. The molecule has 3 rings (SSSR count). The predicted molar refractivity (Wildman–Crippen MR) is 109 cm³/mol. The minimum Gasteiger partial charge on any atom is -0.443 e. The van der Waals surface area contributed by atoms with Crippen LogP contribution in [0.5, 0.6) is 0 Å². The van der Waals surface area contributed by atoms with Gasteiger partial charge in [-0.25, -0.2) is 37.7 Å². The van der Waals surface area contributed by atoms with Crippen LogP contribution in [-0.4, -0.2) is 40.9 Å². The number of carbonyl (C=O) groups is 1. The van der Waals surface area contributed by atoms with E-state index in [1.807, 2.05) is 0 Å². The number of ether oxygens (including phenoxy) is 1. The molecule has 0 saturated carbocycles. The quantitative estimate of drug-likeness (QED) is 0.529. The van der Waals surface area contributed by atoms with E-state index in [0.717, 1.165) is 35.1 Å². The van der Waals surface area contributed by atoms with Gasteiger partial charge < -0.3 is 4.74 Å². The highest BCUT2D eigenvalue weighted by atomic mass is 32.2.